The van der Waals surface area contributed by atoms with E-state index in [1.54, 1.807) is 0 Å². The van der Waals surface area contributed by atoms with Gasteiger partial charge in [-0.25, -0.2) is 0 Å². The second-order valence-corrected chi connectivity index (χ2v) is 6.87. The zero-order chi connectivity index (χ0) is 16.0. The summed E-state index contributed by atoms with van der Waals surface area (Å²) in [6, 6.07) is -0.961. The smallest absolute Gasteiger partial charge is 0.305 e. The molecule has 2 fully saturated rings. The molecule has 0 aromatic rings. The fourth-order valence-corrected chi connectivity index (χ4v) is 3.73. The molecule has 142 valence electrons. The highest BCUT2D eigenvalue weighted by Crippen LogP contribution is 2.30. The molecule has 1 atom stereocenters. The molecule has 1 saturated heterocycles. The summed E-state index contributed by atoms with van der Waals surface area (Å²) in [5.41, 5.74) is 5.50. The number of hydrogen-bond acceptors (Lipinski definition) is 4. The van der Waals surface area contributed by atoms with Gasteiger partial charge in [-0.3, -0.25) is 9.59 Å². The largest absolute Gasteiger partial charge is 0.481 e. The second kappa shape index (κ2) is 11.1. The number of nitrogens with one attached hydrogen (secondary N) is 1. The first-order valence-electron chi connectivity index (χ1n) is 8.53. The minimum absolute atomic E-state index is 0. The van der Waals surface area contributed by atoms with Gasteiger partial charge in [0, 0.05) is 6.54 Å². The number of halogens is 2. The molecular formula is C16H31Cl2N3O3. The van der Waals surface area contributed by atoms with Crippen molar-refractivity contribution in [2.45, 2.75) is 69.4 Å². The zero-order valence-corrected chi connectivity index (χ0v) is 15.8. The van der Waals surface area contributed by atoms with E-state index in [1.165, 1.54) is 25.7 Å². The van der Waals surface area contributed by atoms with Crippen LogP contribution in [0.5, 0.6) is 0 Å². The molecule has 2 aliphatic rings. The Morgan fingerprint density at radius 3 is 2.12 bits per heavy atom. The van der Waals surface area contributed by atoms with Crippen LogP contribution in [0.25, 0.3) is 0 Å². The van der Waals surface area contributed by atoms with Crippen molar-refractivity contribution >= 4 is 36.7 Å². The van der Waals surface area contributed by atoms with E-state index in [-0.39, 0.29) is 42.7 Å². The van der Waals surface area contributed by atoms with Crippen LogP contribution in [-0.4, -0.2) is 53.1 Å². The number of likely N-dealkylation sites (tertiary alicyclic amines) is 1. The van der Waals surface area contributed by atoms with Gasteiger partial charge in [-0.15, -0.1) is 24.8 Å². The number of amides is 1. The van der Waals surface area contributed by atoms with Gasteiger partial charge in [-0.1, -0.05) is 25.7 Å². The molecule has 24 heavy (non-hydrogen) atoms. The summed E-state index contributed by atoms with van der Waals surface area (Å²) in [5, 5.41) is 11.9. The Balaban J connectivity index is 0.00000264. The number of carboxylic acid groups (broad SMARTS) is 1. The lowest BCUT2D eigenvalue weighted by atomic mass is 9.80. The number of carbonyl (C=O) groups excluding carboxylic acids is 1. The maximum absolute atomic E-state index is 12.3. The van der Waals surface area contributed by atoms with E-state index < -0.39 is 12.0 Å². The van der Waals surface area contributed by atoms with Crippen LogP contribution in [-0.2, 0) is 9.59 Å². The predicted octanol–water partition coefficient (Wildman–Crippen LogP) is 1.94. The van der Waals surface area contributed by atoms with Gasteiger partial charge < -0.3 is 21.1 Å². The molecule has 2 rings (SSSR count). The Morgan fingerprint density at radius 1 is 1.04 bits per heavy atom. The summed E-state index contributed by atoms with van der Waals surface area (Å²) in [7, 11) is 0. The molecule has 6 nitrogen and oxygen atoms in total. The number of rotatable bonds is 6. The number of nitrogens with two attached hydrogens (primary N) is 1. The summed E-state index contributed by atoms with van der Waals surface area (Å²) in [6.45, 7) is 3.07. The van der Waals surface area contributed by atoms with Crippen molar-refractivity contribution in [1.82, 2.24) is 10.2 Å². The van der Waals surface area contributed by atoms with Gasteiger partial charge in [0.25, 0.3) is 0 Å². The van der Waals surface area contributed by atoms with Crippen LogP contribution >= 0.6 is 24.8 Å². The lowest BCUT2D eigenvalue weighted by Gasteiger charge is -2.43. The molecule has 0 aromatic heterocycles. The number of carboxylic acids is 1. The number of aliphatic carboxylic acids is 1. The highest BCUT2D eigenvalue weighted by Gasteiger charge is 2.36. The molecule has 0 aromatic carbocycles. The maximum atomic E-state index is 12.3. The first kappa shape index (κ1) is 23.4. The highest BCUT2D eigenvalue weighted by atomic mass is 35.5. The van der Waals surface area contributed by atoms with Gasteiger partial charge in [0.1, 0.15) is 0 Å². The SMILES string of the molecule is Cl.Cl.N[C@@H](CC(=O)O)C(=O)NC1(CN2CCCCC2)CCCCC1. The van der Waals surface area contributed by atoms with Crippen LogP contribution in [0.2, 0.25) is 0 Å². The molecule has 1 aliphatic heterocycles. The Morgan fingerprint density at radius 2 is 1.58 bits per heavy atom. The zero-order valence-electron chi connectivity index (χ0n) is 14.2. The van der Waals surface area contributed by atoms with Crippen LogP contribution in [0.3, 0.4) is 0 Å². The van der Waals surface area contributed by atoms with Crippen LogP contribution in [0.15, 0.2) is 0 Å². The van der Waals surface area contributed by atoms with Crippen molar-refractivity contribution in [3.8, 4) is 0 Å². The van der Waals surface area contributed by atoms with Gasteiger partial charge in [-0.05, 0) is 38.8 Å². The number of hydrogen-bond donors (Lipinski definition) is 3. The molecule has 8 heteroatoms. The lowest BCUT2D eigenvalue weighted by Crippen LogP contribution is -2.60. The molecule has 0 spiro atoms. The Labute approximate surface area is 156 Å². The minimum Gasteiger partial charge on any atom is -0.481 e. The summed E-state index contributed by atoms with van der Waals surface area (Å²) in [4.78, 5) is 25.5. The number of piperidine rings is 1. The first-order valence-corrected chi connectivity index (χ1v) is 8.53. The molecule has 1 aliphatic carbocycles. The summed E-state index contributed by atoms with van der Waals surface area (Å²) < 4.78 is 0. The van der Waals surface area contributed by atoms with E-state index in [4.69, 9.17) is 10.8 Å². The topological polar surface area (TPSA) is 95.7 Å². The standard InChI is InChI=1S/C16H29N3O3.2ClH/c17-13(11-14(20)21)15(22)18-16(7-3-1-4-8-16)12-19-9-5-2-6-10-19;;/h13H,1-12,17H2,(H,18,22)(H,20,21);2*1H/t13-;;/m0../s1. The highest BCUT2D eigenvalue weighted by molar-refractivity contribution is 5.86. The van der Waals surface area contributed by atoms with E-state index in [0.29, 0.717) is 0 Å². The summed E-state index contributed by atoms with van der Waals surface area (Å²) in [6.07, 6.45) is 8.80. The molecule has 4 N–H and O–H groups in total. The van der Waals surface area contributed by atoms with Gasteiger partial charge in [0.05, 0.1) is 18.0 Å². The third-order valence-electron chi connectivity index (χ3n) is 4.91. The molecular weight excluding hydrogens is 353 g/mol. The van der Waals surface area contributed by atoms with Crippen LogP contribution in [0.4, 0.5) is 0 Å². The molecule has 1 saturated carbocycles. The van der Waals surface area contributed by atoms with Gasteiger partial charge >= 0.3 is 5.97 Å². The Hall–Kier alpha value is -0.560. The molecule has 0 unspecified atom stereocenters. The predicted molar refractivity (Wildman–Crippen MR) is 99.0 cm³/mol. The quantitative estimate of drug-likeness (QED) is 0.651. The maximum Gasteiger partial charge on any atom is 0.305 e. The van der Waals surface area contributed by atoms with E-state index >= 15 is 0 Å². The van der Waals surface area contributed by atoms with E-state index in [1.807, 2.05) is 0 Å². The van der Waals surface area contributed by atoms with Crippen molar-refractivity contribution in [1.29, 1.82) is 0 Å². The number of carbonyl (C=O) groups is 2. The summed E-state index contributed by atoms with van der Waals surface area (Å²) >= 11 is 0. The number of nitrogens with zero attached hydrogens (tertiary/aromatic N) is 1. The van der Waals surface area contributed by atoms with Crippen molar-refractivity contribution in [3.05, 3.63) is 0 Å². The van der Waals surface area contributed by atoms with Crippen LogP contribution < -0.4 is 11.1 Å². The van der Waals surface area contributed by atoms with Gasteiger partial charge in [-0.2, -0.15) is 0 Å². The average molecular weight is 384 g/mol. The molecule has 1 amide bonds. The third kappa shape index (κ3) is 7.13. The fraction of sp³-hybridized carbons (Fsp3) is 0.875. The monoisotopic (exact) mass is 383 g/mol. The Kier molecular flexibility index (Phi) is 10.9. The van der Waals surface area contributed by atoms with Gasteiger partial charge in [0.2, 0.25) is 5.91 Å². The van der Waals surface area contributed by atoms with Crippen molar-refractivity contribution in [2.75, 3.05) is 19.6 Å². The fourth-order valence-electron chi connectivity index (χ4n) is 3.73. The van der Waals surface area contributed by atoms with Crippen LogP contribution in [0, 0.1) is 0 Å². The van der Waals surface area contributed by atoms with Gasteiger partial charge in [0.15, 0.2) is 0 Å². The molecule has 1 heterocycles. The lowest BCUT2D eigenvalue weighted by molar-refractivity contribution is -0.140. The molecule has 0 radical (unpaired) electrons. The van der Waals surface area contributed by atoms with Crippen LogP contribution in [0.1, 0.15) is 57.8 Å². The molecule has 0 bridgehead atoms. The van der Waals surface area contributed by atoms with E-state index in [0.717, 1.165) is 45.3 Å². The van der Waals surface area contributed by atoms with E-state index in [2.05, 4.69) is 10.2 Å². The van der Waals surface area contributed by atoms with Crippen molar-refractivity contribution in [2.24, 2.45) is 5.73 Å². The summed E-state index contributed by atoms with van der Waals surface area (Å²) in [5.74, 6) is -1.35. The van der Waals surface area contributed by atoms with E-state index in [9.17, 15) is 9.59 Å². The normalized spacial score (nSPS) is 21.7. The van der Waals surface area contributed by atoms with Crippen molar-refractivity contribution < 1.29 is 14.7 Å². The second-order valence-electron chi connectivity index (χ2n) is 6.87. The minimum atomic E-state index is -1.03. The van der Waals surface area contributed by atoms with Crippen molar-refractivity contribution in [3.63, 3.8) is 0 Å². The third-order valence-corrected chi connectivity index (χ3v) is 4.91. The Bertz CT molecular complexity index is 398. The first-order chi connectivity index (χ1) is 10.5. The average Bonchev–Trinajstić information content (AvgIpc) is 2.48.